The molecule has 0 fully saturated rings. The summed E-state index contributed by atoms with van der Waals surface area (Å²) in [5, 5.41) is 11.0. The molecule has 3 aromatic heterocycles. The first kappa shape index (κ1) is 34.9. The van der Waals surface area contributed by atoms with Crippen LogP contribution in [0, 0.1) is 0 Å². The molecule has 9 aromatic carbocycles. The molecule has 294 valence electrons. The van der Waals surface area contributed by atoms with Gasteiger partial charge >= 0.3 is 0 Å². The Labute approximate surface area is 367 Å². The minimum Gasteiger partial charge on any atom is -0.309 e. The van der Waals surface area contributed by atoms with E-state index in [1.54, 1.807) is 11.8 Å². The molecule has 1 unspecified atom stereocenters. The fraction of sp³-hybridized carbons (Fsp3) is 0.0345. The molecule has 5 heteroatoms. The Kier molecular flexibility index (Phi) is 7.42. The van der Waals surface area contributed by atoms with E-state index in [9.17, 15) is 0 Å². The van der Waals surface area contributed by atoms with E-state index in [4.69, 9.17) is 9.97 Å². The molecule has 63 heavy (non-hydrogen) atoms. The first-order chi connectivity index (χ1) is 31.2. The molecule has 12 aromatic rings. The largest absolute Gasteiger partial charge is 0.309 e. The lowest BCUT2D eigenvalue weighted by atomic mass is 9.91. The Morgan fingerprint density at radius 3 is 2.11 bits per heavy atom. The Morgan fingerprint density at radius 1 is 0.476 bits per heavy atom. The van der Waals surface area contributed by atoms with Crippen LogP contribution in [0.15, 0.2) is 210 Å². The van der Waals surface area contributed by atoms with E-state index in [0.29, 0.717) is 11.9 Å². The first-order valence-corrected chi connectivity index (χ1v) is 22.5. The molecule has 0 saturated carbocycles. The molecule has 0 radical (unpaired) electrons. The SMILES string of the molecule is C1=CCC(c2ccc3cc(-n4c5ccc(-c6ccc7c(c6)c6ccccc6n7-c6nc7c8c(cccc8n6)Sc6ccccc6-7)cc5c5c6ccccc6ccc54)ccc3c2)C=C1. The molecule has 0 N–H and O–H groups in total. The van der Waals surface area contributed by atoms with Gasteiger partial charge in [0.1, 0.15) is 0 Å². The van der Waals surface area contributed by atoms with Crippen molar-refractivity contribution < 1.29 is 0 Å². The summed E-state index contributed by atoms with van der Waals surface area (Å²) in [5.74, 6) is 1.11. The van der Waals surface area contributed by atoms with E-state index in [1.165, 1.54) is 80.6 Å². The highest BCUT2D eigenvalue weighted by atomic mass is 32.2. The van der Waals surface area contributed by atoms with Gasteiger partial charge in [0.05, 0.1) is 33.3 Å². The third-order valence-electron chi connectivity index (χ3n) is 13.4. The van der Waals surface area contributed by atoms with E-state index >= 15 is 0 Å². The highest BCUT2D eigenvalue weighted by Gasteiger charge is 2.24. The van der Waals surface area contributed by atoms with Crippen LogP contribution >= 0.6 is 11.8 Å². The number of allylic oxidation sites excluding steroid dienone is 4. The fourth-order valence-electron chi connectivity index (χ4n) is 10.5. The van der Waals surface area contributed by atoms with Crippen molar-refractivity contribution in [3.8, 4) is 34.0 Å². The van der Waals surface area contributed by atoms with E-state index in [0.717, 1.165) is 45.3 Å². The molecule has 1 atom stereocenters. The minimum absolute atomic E-state index is 0.426. The standard InChI is InChI=1S/C58H36N4S/c1-2-11-35(12-3-1)37-21-22-39-32-42(27-23-38(39)31-37)61-51-29-26-41(34-47(51)55-43-14-5-4-13-36(43)24-30-52(55)61)40-25-28-50-46(33-40)44-15-6-8-18-49(44)62(50)58-59-48-17-10-20-54-56(48)57(60-58)45-16-7-9-19-53(45)63-54/h1-11,13-35H,12H2. The van der Waals surface area contributed by atoms with Gasteiger partial charge in [-0.1, -0.05) is 145 Å². The molecule has 1 aliphatic heterocycles. The van der Waals surface area contributed by atoms with Crippen molar-refractivity contribution in [2.24, 2.45) is 0 Å². The van der Waals surface area contributed by atoms with Gasteiger partial charge in [-0.2, -0.15) is 0 Å². The van der Waals surface area contributed by atoms with Crippen LogP contribution in [0.1, 0.15) is 17.9 Å². The van der Waals surface area contributed by atoms with Crippen LogP contribution in [0.4, 0.5) is 0 Å². The molecule has 2 aliphatic rings. The summed E-state index contributed by atoms with van der Waals surface area (Å²) in [6.07, 6.45) is 9.93. The van der Waals surface area contributed by atoms with Gasteiger partial charge in [0.25, 0.3) is 0 Å². The fourth-order valence-corrected chi connectivity index (χ4v) is 11.6. The molecule has 0 amide bonds. The van der Waals surface area contributed by atoms with Gasteiger partial charge in [-0.3, -0.25) is 4.57 Å². The van der Waals surface area contributed by atoms with Crippen LogP contribution in [0.2, 0.25) is 0 Å². The van der Waals surface area contributed by atoms with Gasteiger partial charge in [-0.15, -0.1) is 0 Å². The van der Waals surface area contributed by atoms with Crippen LogP contribution in [-0.4, -0.2) is 19.1 Å². The van der Waals surface area contributed by atoms with Crippen LogP contribution in [-0.2, 0) is 0 Å². The quantitative estimate of drug-likeness (QED) is 0.177. The molecule has 14 rings (SSSR count). The zero-order chi connectivity index (χ0) is 41.2. The second-order valence-electron chi connectivity index (χ2n) is 16.9. The first-order valence-electron chi connectivity index (χ1n) is 21.7. The lowest BCUT2D eigenvalue weighted by Gasteiger charge is -2.20. The zero-order valence-corrected chi connectivity index (χ0v) is 34.9. The maximum atomic E-state index is 5.38. The number of hydrogen-bond acceptors (Lipinski definition) is 3. The maximum absolute atomic E-state index is 5.38. The minimum atomic E-state index is 0.426. The predicted molar refractivity (Wildman–Crippen MR) is 264 cm³/mol. The smallest absolute Gasteiger partial charge is 0.235 e. The maximum Gasteiger partial charge on any atom is 0.235 e. The summed E-state index contributed by atoms with van der Waals surface area (Å²) in [7, 11) is 0. The number of fused-ring (bicyclic) bond motifs is 11. The molecule has 0 bridgehead atoms. The number of rotatable bonds is 4. The third-order valence-corrected chi connectivity index (χ3v) is 14.5. The van der Waals surface area contributed by atoms with Gasteiger partial charge in [-0.05, 0) is 111 Å². The molecule has 0 spiro atoms. The molecule has 4 heterocycles. The summed E-state index contributed by atoms with van der Waals surface area (Å²) in [6.45, 7) is 0. The van der Waals surface area contributed by atoms with Gasteiger partial charge in [0.15, 0.2) is 0 Å². The highest BCUT2D eigenvalue weighted by molar-refractivity contribution is 7.99. The third kappa shape index (κ3) is 5.24. The Hall–Kier alpha value is -7.73. The summed E-state index contributed by atoms with van der Waals surface area (Å²) in [5.41, 5.74) is 12.6. The van der Waals surface area contributed by atoms with Gasteiger partial charge in [0.2, 0.25) is 5.95 Å². The van der Waals surface area contributed by atoms with Crippen LogP contribution in [0.5, 0.6) is 0 Å². The average molecular weight is 821 g/mol. The van der Waals surface area contributed by atoms with Crippen molar-refractivity contribution >= 4 is 87.8 Å². The van der Waals surface area contributed by atoms with Crippen molar-refractivity contribution in [1.82, 2.24) is 19.1 Å². The second kappa shape index (κ2) is 13.4. The van der Waals surface area contributed by atoms with Crippen molar-refractivity contribution in [3.63, 3.8) is 0 Å². The summed E-state index contributed by atoms with van der Waals surface area (Å²) < 4.78 is 4.70. The van der Waals surface area contributed by atoms with E-state index in [1.807, 2.05) is 0 Å². The number of para-hydroxylation sites is 1. The summed E-state index contributed by atoms with van der Waals surface area (Å²) >= 11 is 1.80. The second-order valence-corrected chi connectivity index (χ2v) is 18.0. The zero-order valence-electron chi connectivity index (χ0n) is 34.0. The van der Waals surface area contributed by atoms with E-state index in [-0.39, 0.29) is 0 Å². The topological polar surface area (TPSA) is 35.6 Å². The molecule has 0 saturated heterocycles. The van der Waals surface area contributed by atoms with Gasteiger partial charge in [-0.25, -0.2) is 9.97 Å². The molecular formula is C58H36N4S. The number of aromatic nitrogens is 4. The lowest BCUT2D eigenvalue weighted by Crippen LogP contribution is -2.05. The lowest BCUT2D eigenvalue weighted by molar-refractivity contribution is 0.855. The average Bonchev–Trinajstić information content (AvgIpc) is 3.86. The van der Waals surface area contributed by atoms with Crippen molar-refractivity contribution in [1.29, 1.82) is 0 Å². The highest BCUT2D eigenvalue weighted by Crippen LogP contribution is 2.47. The Morgan fingerprint density at radius 2 is 1.21 bits per heavy atom. The van der Waals surface area contributed by atoms with Gasteiger partial charge < -0.3 is 4.57 Å². The van der Waals surface area contributed by atoms with E-state index in [2.05, 4.69) is 209 Å². The Bertz CT molecular complexity index is 4000. The van der Waals surface area contributed by atoms with Crippen molar-refractivity contribution in [3.05, 3.63) is 206 Å². The van der Waals surface area contributed by atoms with Crippen LogP contribution in [0.25, 0.3) is 110 Å². The monoisotopic (exact) mass is 820 g/mol. The van der Waals surface area contributed by atoms with Gasteiger partial charge in [0, 0.05) is 53.9 Å². The number of hydrogen-bond donors (Lipinski definition) is 0. The van der Waals surface area contributed by atoms with E-state index < -0.39 is 0 Å². The molecule has 1 aliphatic carbocycles. The van der Waals surface area contributed by atoms with Crippen molar-refractivity contribution in [2.75, 3.05) is 0 Å². The summed E-state index contributed by atoms with van der Waals surface area (Å²) in [4.78, 5) is 13.1. The predicted octanol–water partition coefficient (Wildman–Crippen LogP) is 15.5. The molecule has 4 nitrogen and oxygen atoms in total. The molecular weight excluding hydrogens is 785 g/mol. The Balaban J connectivity index is 0.940. The van der Waals surface area contributed by atoms with Crippen LogP contribution < -0.4 is 0 Å². The normalized spacial score (nSPS) is 14.6. The van der Waals surface area contributed by atoms with Crippen LogP contribution in [0.3, 0.4) is 0 Å². The number of benzene rings is 9. The number of nitrogens with zero attached hydrogens (tertiary/aromatic N) is 4. The van der Waals surface area contributed by atoms with Crippen molar-refractivity contribution in [2.45, 2.75) is 22.1 Å². The summed E-state index contributed by atoms with van der Waals surface area (Å²) in [6, 6.07) is 64.8.